The Balaban J connectivity index is 3.23. The van der Waals surface area contributed by atoms with Gasteiger partial charge in [0.1, 0.15) is 0 Å². The Labute approximate surface area is 90.0 Å². The van der Waals surface area contributed by atoms with Crippen molar-refractivity contribution >= 4 is 17.7 Å². The van der Waals surface area contributed by atoms with Crippen molar-refractivity contribution < 1.29 is 4.39 Å². The van der Waals surface area contributed by atoms with Gasteiger partial charge in [0.25, 0.3) is 0 Å². The molecule has 0 amide bonds. The van der Waals surface area contributed by atoms with Gasteiger partial charge in [-0.05, 0) is 44.6 Å². The molecule has 0 unspecified atom stereocenters. The lowest BCUT2D eigenvalue weighted by Gasteiger charge is -1.93. The molecule has 0 atom stereocenters. The molecule has 0 aromatic carbocycles. The van der Waals surface area contributed by atoms with Gasteiger partial charge < -0.3 is 4.98 Å². The minimum absolute atomic E-state index is 0.207. The number of nitrogens with one attached hydrogen (secondary N) is 1. The minimum Gasteiger partial charge on any atom is -0.355 e. The summed E-state index contributed by atoms with van der Waals surface area (Å²) in [6.45, 7) is 9.11. The van der Waals surface area contributed by atoms with Crippen LogP contribution < -0.4 is 0 Å². The highest BCUT2D eigenvalue weighted by molar-refractivity contribution is 5.70. The summed E-state index contributed by atoms with van der Waals surface area (Å²) in [6.07, 6.45) is 5.20. The monoisotopic (exact) mass is 205 g/mol. The lowest BCUT2D eigenvalue weighted by Crippen LogP contribution is -1.78. The lowest BCUT2D eigenvalue weighted by atomic mass is 10.1. The molecule has 0 saturated carbocycles. The summed E-state index contributed by atoms with van der Waals surface area (Å²) in [6, 6.07) is 1.93. The van der Waals surface area contributed by atoms with E-state index in [2.05, 4.69) is 11.6 Å². The molecule has 0 aliphatic rings. The Morgan fingerprint density at radius 1 is 1.47 bits per heavy atom. The lowest BCUT2D eigenvalue weighted by molar-refractivity contribution is 0.648. The third-order valence-corrected chi connectivity index (χ3v) is 2.30. The average molecular weight is 205 g/mol. The Morgan fingerprint density at radius 2 is 2.13 bits per heavy atom. The van der Waals surface area contributed by atoms with E-state index < -0.39 is 0 Å². The van der Waals surface area contributed by atoms with Crippen LogP contribution in [0, 0.1) is 0 Å². The largest absolute Gasteiger partial charge is 0.355 e. The van der Waals surface area contributed by atoms with Gasteiger partial charge >= 0.3 is 0 Å². The number of hydrogen-bond donors (Lipinski definition) is 1. The highest BCUT2D eigenvalue weighted by atomic mass is 19.1. The quantitative estimate of drug-likeness (QED) is 0.752. The van der Waals surface area contributed by atoms with Crippen molar-refractivity contribution in [1.82, 2.24) is 4.98 Å². The summed E-state index contributed by atoms with van der Waals surface area (Å²) in [5.74, 6) is -0.207. The van der Waals surface area contributed by atoms with Gasteiger partial charge in [-0.2, -0.15) is 0 Å². The van der Waals surface area contributed by atoms with Crippen molar-refractivity contribution in [2.24, 2.45) is 0 Å². The summed E-state index contributed by atoms with van der Waals surface area (Å²) >= 11 is 0. The number of rotatable bonds is 3. The van der Waals surface area contributed by atoms with Gasteiger partial charge in [0.05, 0.1) is 5.83 Å². The first-order valence-corrected chi connectivity index (χ1v) is 4.91. The van der Waals surface area contributed by atoms with Crippen LogP contribution in [0.25, 0.3) is 17.7 Å². The molecule has 0 aliphatic carbocycles. The van der Waals surface area contributed by atoms with E-state index in [9.17, 15) is 4.39 Å². The van der Waals surface area contributed by atoms with E-state index in [-0.39, 0.29) is 5.83 Å². The molecule has 0 spiro atoms. The smallest absolute Gasteiger partial charge is 0.0975 e. The molecule has 0 aliphatic heterocycles. The van der Waals surface area contributed by atoms with E-state index in [1.807, 2.05) is 26.0 Å². The zero-order valence-electron chi connectivity index (χ0n) is 9.39. The average Bonchev–Trinajstić information content (AvgIpc) is 2.59. The van der Waals surface area contributed by atoms with Crippen molar-refractivity contribution in [2.45, 2.75) is 20.8 Å². The van der Waals surface area contributed by atoms with Crippen LogP contribution in [0.4, 0.5) is 4.39 Å². The second-order valence-corrected chi connectivity index (χ2v) is 3.46. The van der Waals surface area contributed by atoms with Gasteiger partial charge in [-0.25, -0.2) is 4.39 Å². The van der Waals surface area contributed by atoms with E-state index in [0.29, 0.717) is 0 Å². The summed E-state index contributed by atoms with van der Waals surface area (Å²) in [5.41, 5.74) is 3.82. The number of aromatic amines is 1. The van der Waals surface area contributed by atoms with Crippen LogP contribution in [-0.4, -0.2) is 4.98 Å². The molecule has 1 heterocycles. The highest BCUT2D eigenvalue weighted by Crippen LogP contribution is 2.21. The van der Waals surface area contributed by atoms with Crippen LogP contribution in [-0.2, 0) is 0 Å². The van der Waals surface area contributed by atoms with Gasteiger partial charge in [0.2, 0.25) is 0 Å². The Morgan fingerprint density at radius 3 is 2.60 bits per heavy atom. The Bertz CT molecular complexity index is 418. The molecule has 0 saturated heterocycles. The molecular weight excluding hydrogens is 189 g/mol. The second-order valence-electron chi connectivity index (χ2n) is 3.46. The summed E-state index contributed by atoms with van der Waals surface area (Å²) in [5, 5.41) is 0. The Kier molecular flexibility index (Phi) is 3.67. The van der Waals surface area contributed by atoms with E-state index in [0.717, 1.165) is 22.5 Å². The maximum Gasteiger partial charge on any atom is 0.0975 e. The minimum atomic E-state index is -0.207. The Hall–Kier alpha value is -1.57. The van der Waals surface area contributed by atoms with Crippen LogP contribution in [0.2, 0.25) is 0 Å². The first kappa shape index (κ1) is 11.5. The predicted octanol–water partition coefficient (Wildman–Crippen LogP) is 4.41. The second kappa shape index (κ2) is 4.78. The van der Waals surface area contributed by atoms with Crippen molar-refractivity contribution in [3.8, 4) is 0 Å². The summed E-state index contributed by atoms with van der Waals surface area (Å²) in [4.78, 5) is 3.19. The van der Waals surface area contributed by atoms with Crippen LogP contribution in [0.5, 0.6) is 0 Å². The van der Waals surface area contributed by atoms with Gasteiger partial charge in [-0.3, -0.25) is 0 Å². The van der Waals surface area contributed by atoms with Gasteiger partial charge in [-0.15, -0.1) is 0 Å². The molecule has 2 heteroatoms. The molecular formula is C13H16FN. The fourth-order valence-corrected chi connectivity index (χ4v) is 1.36. The number of H-pyrrole nitrogens is 1. The number of aromatic nitrogens is 1. The zero-order chi connectivity index (χ0) is 11.4. The molecule has 0 radical (unpaired) electrons. The number of halogens is 1. The highest BCUT2D eigenvalue weighted by Gasteiger charge is 2.04. The molecule has 15 heavy (non-hydrogen) atoms. The summed E-state index contributed by atoms with van der Waals surface area (Å²) < 4.78 is 12.8. The van der Waals surface area contributed by atoms with Crippen LogP contribution in [0.15, 0.2) is 24.5 Å². The zero-order valence-corrected chi connectivity index (χ0v) is 9.39. The van der Waals surface area contributed by atoms with Crippen molar-refractivity contribution in [2.75, 3.05) is 0 Å². The van der Waals surface area contributed by atoms with Crippen LogP contribution in [0.3, 0.4) is 0 Å². The topological polar surface area (TPSA) is 15.8 Å². The fraction of sp³-hybridized carbons (Fsp3) is 0.231. The third kappa shape index (κ3) is 2.69. The van der Waals surface area contributed by atoms with E-state index >= 15 is 0 Å². The predicted molar refractivity (Wildman–Crippen MR) is 65.0 cm³/mol. The first-order valence-electron chi connectivity index (χ1n) is 4.91. The van der Waals surface area contributed by atoms with E-state index in [1.54, 1.807) is 6.08 Å². The number of hydrogen-bond acceptors (Lipinski definition) is 0. The maximum absolute atomic E-state index is 12.8. The molecule has 80 valence electrons. The van der Waals surface area contributed by atoms with Crippen molar-refractivity contribution in [1.29, 1.82) is 0 Å². The molecule has 1 N–H and O–H groups in total. The first-order chi connectivity index (χ1) is 7.08. The SMILES string of the molecule is C=Cc1[nH]c(/C(C)=C\C)cc1/C=C(\C)F. The third-order valence-electron chi connectivity index (χ3n) is 2.30. The van der Waals surface area contributed by atoms with Gasteiger partial charge in [0, 0.05) is 17.0 Å². The normalized spacial score (nSPS) is 13.1. The van der Waals surface area contributed by atoms with Crippen molar-refractivity contribution in [3.05, 3.63) is 41.5 Å². The van der Waals surface area contributed by atoms with Gasteiger partial charge in [0.15, 0.2) is 0 Å². The van der Waals surface area contributed by atoms with Crippen LogP contribution in [0.1, 0.15) is 37.7 Å². The molecule has 0 bridgehead atoms. The number of allylic oxidation sites excluding steroid dienone is 3. The van der Waals surface area contributed by atoms with E-state index in [1.165, 1.54) is 13.0 Å². The standard InChI is InChI=1S/C13H16FN/c1-5-9(3)13-8-11(7-10(4)14)12(6-2)15-13/h5-8,15H,2H2,1,3-4H3/b9-5-,10-7+. The molecule has 1 aromatic heterocycles. The molecule has 1 nitrogen and oxygen atoms in total. The molecule has 0 fully saturated rings. The van der Waals surface area contributed by atoms with E-state index in [4.69, 9.17) is 0 Å². The maximum atomic E-state index is 12.8. The van der Waals surface area contributed by atoms with Gasteiger partial charge in [-0.1, -0.05) is 12.7 Å². The van der Waals surface area contributed by atoms with Crippen molar-refractivity contribution in [3.63, 3.8) is 0 Å². The summed E-state index contributed by atoms with van der Waals surface area (Å²) in [7, 11) is 0. The fourth-order valence-electron chi connectivity index (χ4n) is 1.36. The van der Waals surface area contributed by atoms with Crippen LogP contribution >= 0.6 is 0 Å². The molecule has 1 rings (SSSR count). The molecule has 1 aromatic rings.